The molecule has 90 valence electrons. The van der Waals surface area contributed by atoms with Crippen LogP contribution in [0.5, 0.6) is 0 Å². The van der Waals surface area contributed by atoms with E-state index in [1.807, 2.05) is 0 Å². The maximum absolute atomic E-state index is 5.65. The van der Waals surface area contributed by atoms with Crippen molar-refractivity contribution >= 4 is 21.6 Å². The molecule has 0 heterocycles. The smallest absolute Gasteiger partial charge is 0.0379 e. The van der Waals surface area contributed by atoms with Crippen LogP contribution in [0.2, 0.25) is 0 Å². The number of anilines is 1. The summed E-state index contributed by atoms with van der Waals surface area (Å²) in [7, 11) is 2.13. The first-order valence-electron chi connectivity index (χ1n) is 5.64. The first-order chi connectivity index (χ1) is 7.42. The van der Waals surface area contributed by atoms with Gasteiger partial charge in [0.25, 0.3) is 0 Å². The third kappa shape index (κ3) is 2.77. The molecule has 3 heteroatoms. The molecule has 0 saturated heterocycles. The van der Waals surface area contributed by atoms with Gasteiger partial charge in [0, 0.05) is 29.3 Å². The molecular weight excluding hydrogens is 264 g/mol. The second-order valence-corrected chi connectivity index (χ2v) is 5.56. The van der Waals surface area contributed by atoms with Crippen molar-refractivity contribution in [2.45, 2.75) is 39.3 Å². The van der Waals surface area contributed by atoms with Crippen LogP contribution >= 0.6 is 15.9 Å². The van der Waals surface area contributed by atoms with Crippen molar-refractivity contribution < 1.29 is 0 Å². The molecule has 0 atom stereocenters. The Hall–Kier alpha value is -0.540. The van der Waals surface area contributed by atoms with Crippen molar-refractivity contribution in [1.29, 1.82) is 0 Å². The second kappa shape index (κ2) is 5.19. The zero-order valence-corrected chi connectivity index (χ0v) is 12.1. The van der Waals surface area contributed by atoms with E-state index in [1.165, 1.54) is 5.69 Å². The molecular formula is C13H21BrN2. The van der Waals surface area contributed by atoms with Crippen LogP contribution in [-0.4, -0.2) is 12.6 Å². The Labute approximate surface area is 107 Å². The van der Waals surface area contributed by atoms with Crippen molar-refractivity contribution in [2.24, 2.45) is 5.73 Å². The van der Waals surface area contributed by atoms with E-state index in [0.717, 1.165) is 16.5 Å². The van der Waals surface area contributed by atoms with Crippen molar-refractivity contribution in [1.82, 2.24) is 0 Å². The van der Waals surface area contributed by atoms with Crippen LogP contribution in [0.3, 0.4) is 0 Å². The SMILES string of the molecule is CCC(C)(C)N(C)c1ccc(CN)c(Br)c1. The van der Waals surface area contributed by atoms with Gasteiger partial charge in [0.05, 0.1) is 0 Å². The number of hydrogen-bond donors (Lipinski definition) is 1. The van der Waals surface area contributed by atoms with Gasteiger partial charge in [-0.3, -0.25) is 0 Å². The van der Waals surface area contributed by atoms with E-state index < -0.39 is 0 Å². The van der Waals surface area contributed by atoms with Crippen LogP contribution in [0, 0.1) is 0 Å². The minimum Gasteiger partial charge on any atom is -0.369 e. The van der Waals surface area contributed by atoms with Crippen LogP contribution < -0.4 is 10.6 Å². The molecule has 0 aromatic heterocycles. The highest BCUT2D eigenvalue weighted by Gasteiger charge is 2.21. The fraction of sp³-hybridized carbons (Fsp3) is 0.538. The maximum Gasteiger partial charge on any atom is 0.0379 e. The molecule has 0 amide bonds. The molecule has 1 rings (SSSR count). The normalized spacial score (nSPS) is 11.6. The first-order valence-corrected chi connectivity index (χ1v) is 6.44. The molecule has 2 nitrogen and oxygen atoms in total. The maximum atomic E-state index is 5.65. The van der Waals surface area contributed by atoms with Crippen molar-refractivity contribution in [3.05, 3.63) is 28.2 Å². The molecule has 0 aliphatic rings. The lowest BCUT2D eigenvalue weighted by Crippen LogP contribution is -2.40. The highest BCUT2D eigenvalue weighted by molar-refractivity contribution is 9.10. The summed E-state index contributed by atoms with van der Waals surface area (Å²) in [6.07, 6.45) is 1.11. The first kappa shape index (κ1) is 13.5. The zero-order chi connectivity index (χ0) is 12.3. The summed E-state index contributed by atoms with van der Waals surface area (Å²) in [5.41, 5.74) is 8.18. The van der Waals surface area contributed by atoms with Crippen molar-refractivity contribution in [3.8, 4) is 0 Å². The largest absolute Gasteiger partial charge is 0.369 e. The predicted molar refractivity (Wildman–Crippen MR) is 74.8 cm³/mol. The fourth-order valence-corrected chi connectivity index (χ4v) is 2.03. The Balaban J connectivity index is 3.02. The molecule has 0 fully saturated rings. The number of hydrogen-bond acceptors (Lipinski definition) is 2. The van der Waals surface area contributed by atoms with Crippen molar-refractivity contribution in [2.75, 3.05) is 11.9 Å². The van der Waals surface area contributed by atoms with Gasteiger partial charge in [-0.15, -0.1) is 0 Å². The fourth-order valence-electron chi connectivity index (χ4n) is 1.50. The summed E-state index contributed by atoms with van der Waals surface area (Å²) in [6.45, 7) is 7.27. The Kier molecular flexibility index (Phi) is 4.39. The molecule has 0 aliphatic heterocycles. The number of halogens is 1. The Morgan fingerprint density at radius 2 is 2.00 bits per heavy atom. The van der Waals surface area contributed by atoms with Gasteiger partial charge in [0.15, 0.2) is 0 Å². The van der Waals surface area contributed by atoms with E-state index in [2.05, 4.69) is 66.8 Å². The van der Waals surface area contributed by atoms with Crippen LogP contribution in [-0.2, 0) is 6.54 Å². The third-order valence-electron chi connectivity index (χ3n) is 3.42. The summed E-state index contributed by atoms with van der Waals surface area (Å²) in [4.78, 5) is 2.30. The topological polar surface area (TPSA) is 29.3 Å². The number of rotatable bonds is 4. The van der Waals surface area contributed by atoms with Gasteiger partial charge in [-0.1, -0.05) is 28.9 Å². The van der Waals surface area contributed by atoms with Crippen LogP contribution in [0.4, 0.5) is 5.69 Å². The van der Waals surface area contributed by atoms with Crippen LogP contribution in [0.25, 0.3) is 0 Å². The Morgan fingerprint density at radius 3 is 2.44 bits per heavy atom. The summed E-state index contributed by atoms with van der Waals surface area (Å²) < 4.78 is 1.09. The van der Waals surface area contributed by atoms with E-state index in [0.29, 0.717) is 6.54 Å². The minimum atomic E-state index is 0.170. The average Bonchev–Trinajstić information content (AvgIpc) is 2.27. The van der Waals surface area contributed by atoms with Gasteiger partial charge >= 0.3 is 0 Å². The van der Waals surface area contributed by atoms with Crippen LogP contribution in [0.15, 0.2) is 22.7 Å². The minimum absolute atomic E-state index is 0.170. The lowest BCUT2D eigenvalue weighted by molar-refractivity contribution is 0.471. The summed E-state index contributed by atoms with van der Waals surface area (Å²) >= 11 is 3.56. The van der Waals surface area contributed by atoms with Gasteiger partial charge in [-0.05, 0) is 38.0 Å². The van der Waals surface area contributed by atoms with Gasteiger partial charge in [0.1, 0.15) is 0 Å². The summed E-state index contributed by atoms with van der Waals surface area (Å²) in [6, 6.07) is 6.35. The number of benzene rings is 1. The van der Waals surface area contributed by atoms with E-state index in [9.17, 15) is 0 Å². The summed E-state index contributed by atoms with van der Waals surface area (Å²) in [5.74, 6) is 0. The molecule has 0 aliphatic carbocycles. The Bertz CT molecular complexity index is 361. The predicted octanol–water partition coefficient (Wildman–Crippen LogP) is 3.53. The van der Waals surface area contributed by atoms with Gasteiger partial charge in [0.2, 0.25) is 0 Å². The average molecular weight is 285 g/mol. The molecule has 0 spiro atoms. The quantitative estimate of drug-likeness (QED) is 0.917. The van der Waals surface area contributed by atoms with Gasteiger partial charge < -0.3 is 10.6 Å². The Morgan fingerprint density at radius 1 is 1.38 bits per heavy atom. The standard InChI is InChI=1S/C13H21BrN2/c1-5-13(2,3)16(4)11-7-6-10(9-15)12(14)8-11/h6-8H,5,9,15H2,1-4H3. The molecule has 0 radical (unpaired) electrons. The molecule has 2 N–H and O–H groups in total. The van der Waals surface area contributed by atoms with Crippen LogP contribution in [0.1, 0.15) is 32.8 Å². The lowest BCUT2D eigenvalue weighted by Gasteiger charge is -2.37. The highest BCUT2D eigenvalue weighted by atomic mass is 79.9. The van der Waals surface area contributed by atoms with Gasteiger partial charge in [-0.2, -0.15) is 0 Å². The third-order valence-corrected chi connectivity index (χ3v) is 4.16. The van der Waals surface area contributed by atoms with Gasteiger partial charge in [-0.25, -0.2) is 0 Å². The molecule has 1 aromatic carbocycles. The molecule has 0 bridgehead atoms. The van der Waals surface area contributed by atoms with E-state index in [1.54, 1.807) is 0 Å². The van der Waals surface area contributed by atoms with E-state index >= 15 is 0 Å². The van der Waals surface area contributed by atoms with E-state index in [-0.39, 0.29) is 5.54 Å². The lowest BCUT2D eigenvalue weighted by atomic mass is 9.99. The number of nitrogens with zero attached hydrogens (tertiary/aromatic N) is 1. The second-order valence-electron chi connectivity index (χ2n) is 4.70. The summed E-state index contributed by atoms with van der Waals surface area (Å²) in [5, 5.41) is 0. The van der Waals surface area contributed by atoms with Crippen molar-refractivity contribution in [3.63, 3.8) is 0 Å². The molecule has 1 aromatic rings. The van der Waals surface area contributed by atoms with E-state index in [4.69, 9.17) is 5.73 Å². The molecule has 16 heavy (non-hydrogen) atoms. The molecule has 0 unspecified atom stereocenters. The number of nitrogens with two attached hydrogens (primary N) is 1. The monoisotopic (exact) mass is 284 g/mol. The highest BCUT2D eigenvalue weighted by Crippen LogP contribution is 2.28. The zero-order valence-electron chi connectivity index (χ0n) is 10.5. The molecule has 0 saturated carbocycles.